The highest BCUT2D eigenvalue weighted by Gasteiger charge is 1.91. The summed E-state index contributed by atoms with van der Waals surface area (Å²) in [5, 5.41) is 0. The van der Waals surface area contributed by atoms with E-state index in [0.29, 0.717) is 13.1 Å². The van der Waals surface area contributed by atoms with Gasteiger partial charge in [0, 0.05) is 25.5 Å². The molecule has 0 amide bonds. The molecule has 0 radical (unpaired) electrons. The van der Waals surface area contributed by atoms with E-state index in [1.54, 1.807) is 12.4 Å². The third-order valence-electron chi connectivity index (χ3n) is 1.32. The number of pyridine rings is 1. The predicted octanol–water partition coefficient (Wildman–Crippen LogP) is 1.26. The Morgan fingerprint density at radius 1 is 0.923 bits per heavy atom. The van der Waals surface area contributed by atoms with Crippen molar-refractivity contribution in [3.05, 3.63) is 29.6 Å². The van der Waals surface area contributed by atoms with Crippen LogP contribution in [-0.4, -0.2) is 4.98 Å². The molecular weight excluding hydrogens is 232 g/mol. The summed E-state index contributed by atoms with van der Waals surface area (Å²) in [4.78, 5) is 3.97. The molecular formula is C7H14Cl3N3. The van der Waals surface area contributed by atoms with Crippen LogP contribution in [0.2, 0.25) is 0 Å². The van der Waals surface area contributed by atoms with Crippen molar-refractivity contribution in [3.8, 4) is 0 Å². The van der Waals surface area contributed by atoms with Gasteiger partial charge in [-0.3, -0.25) is 4.98 Å². The van der Waals surface area contributed by atoms with E-state index < -0.39 is 0 Å². The first-order chi connectivity index (χ1) is 4.86. The zero-order valence-corrected chi connectivity index (χ0v) is 9.42. The van der Waals surface area contributed by atoms with Crippen LogP contribution in [0.5, 0.6) is 0 Å². The van der Waals surface area contributed by atoms with Crippen molar-refractivity contribution < 1.29 is 0 Å². The summed E-state index contributed by atoms with van der Waals surface area (Å²) < 4.78 is 0. The van der Waals surface area contributed by atoms with E-state index in [4.69, 9.17) is 11.5 Å². The molecule has 78 valence electrons. The minimum absolute atomic E-state index is 0. The molecule has 0 atom stereocenters. The number of nitrogens with zero attached hydrogens (tertiary/aromatic N) is 1. The molecule has 1 heterocycles. The van der Waals surface area contributed by atoms with Gasteiger partial charge in [0.15, 0.2) is 0 Å². The van der Waals surface area contributed by atoms with Crippen LogP contribution in [-0.2, 0) is 13.1 Å². The molecule has 0 aliphatic heterocycles. The van der Waals surface area contributed by atoms with Crippen molar-refractivity contribution in [3.63, 3.8) is 0 Å². The van der Waals surface area contributed by atoms with Crippen molar-refractivity contribution in [2.24, 2.45) is 11.5 Å². The van der Waals surface area contributed by atoms with E-state index in [2.05, 4.69) is 4.98 Å². The third kappa shape index (κ3) is 6.07. The Bertz CT molecular complexity index is 201. The van der Waals surface area contributed by atoms with E-state index in [0.717, 1.165) is 11.1 Å². The molecule has 0 aliphatic carbocycles. The van der Waals surface area contributed by atoms with Crippen LogP contribution in [0.4, 0.5) is 0 Å². The van der Waals surface area contributed by atoms with Gasteiger partial charge in [0.1, 0.15) is 0 Å². The number of aromatic nitrogens is 1. The van der Waals surface area contributed by atoms with Crippen LogP contribution in [0.3, 0.4) is 0 Å². The average molecular weight is 247 g/mol. The van der Waals surface area contributed by atoms with Crippen LogP contribution in [0.1, 0.15) is 11.1 Å². The first kappa shape index (κ1) is 18.7. The molecule has 1 aromatic heterocycles. The fraction of sp³-hybridized carbons (Fsp3) is 0.286. The van der Waals surface area contributed by atoms with Crippen molar-refractivity contribution in [2.75, 3.05) is 0 Å². The summed E-state index contributed by atoms with van der Waals surface area (Å²) in [6, 6.07) is 1.97. The fourth-order valence-electron chi connectivity index (χ4n) is 0.765. The summed E-state index contributed by atoms with van der Waals surface area (Å²) in [6.45, 7) is 1.06. The lowest BCUT2D eigenvalue weighted by Gasteiger charge is -1.97. The van der Waals surface area contributed by atoms with Gasteiger partial charge >= 0.3 is 0 Å². The molecule has 0 aliphatic rings. The number of hydrogen-bond acceptors (Lipinski definition) is 3. The lowest BCUT2D eigenvalue weighted by atomic mass is 10.2. The van der Waals surface area contributed by atoms with Gasteiger partial charge in [0.25, 0.3) is 0 Å². The molecule has 0 saturated carbocycles. The largest absolute Gasteiger partial charge is 0.326 e. The second-order valence-electron chi connectivity index (χ2n) is 2.11. The van der Waals surface area contributed by atoms with E-state index in [-0.39, 0.29) is 37.2 Å². The Morgan fingerprint density at radius 3 is 1.62 bits per heavy atom. The van der Waals surface area contributed by atoms with Gasteiger partial charge in [-0.15, -0.1) is 37.2 Å². The Kier molecular flexibility index (Phi) is 14.4. The standard InChI is InChI=1S/C7H11N3.3ClH/c8-2-6-1-7(3-9)5-10-4-6;;;/h1,4-5H,2-3,8-9H2;3*1H. The lowest BCUT2D eigenvalue weighted by molar-refractivity contribution is 0.995. The van der Waals surface area contributed by atoms with E-state index in [9.17, 15) is 0 Å². The summed E-state index contributed by atoms with van der Waals surface area (Å²) in [7, 11) is 0. The molecule has 1 rings (SSSR count). The molecule has 0 aromatic carbocycles. The van der Waals surface area contributed by atoms with E-state index >= 15 is 0 Å². The summed E-state index contributed by atoms with van der Waals surface area (Å²) in [6.07, 6.45) is 3.50. The Labute approximate surface area is 96.5 Å². The van der Waals surface area contributed by atoms with Crippen LogP contribution < -0.4 is 11.5 Å². The maximum Gasteiger partial charge on any atom is 0.0312 e. The number of halogens is 3. The molecule has 0 bridgehead atoms. The lowest BCUT2D eigenvalue weighted by Crippen LogP contribution is -2.01. The smallest absolute Gasteiger partial charge is 0.0312 e. The van der Waals surface area contributed by atoms with Gasteiger partial charge in [0.05, 0.1) is 0 Å². The van der Waals surface area contributed by atoms with Crippen LogP contribution >= 0.6 is 37.2 Å². The van der Waals surface area contributed by atoms with E-state index in [1.165, 1.54) is 0 Å². The maximum atomic E-state index is 5.39. The molecule has 1 aromatic rings. The van der Waals surface area contributed by atoms with Gasteiger partial charge in [-0.25, -0.2) is 0 Å². The SMILES string of the molecule is Cl.Cl.Cl.NCc1cncc(CN)c1. The zero-order valence-electron chi connectivity index (χ0n) is 6.97. The first-order valence-electron chi connectivity index (χ1n) is 3.19. The summed E-state index contributed by atoms with van der Waals surface area (Å²) in [5.74, 6) is 0. The highest BCUT2D eigenvalue weighted by Crippen LogP contribution is 1.99. The molecule has 0 saturated heterocycles. The normalized spacial score (nSPS) is 7.54. The molecule has 0 fully saturated rings. The van der Waals surface area contributed by atoms with Gasteiger partial charge in [0.2, 0.25) is 0 Å². The maximum absolute atomic E-state index is 5.39. The second-order valence-corrected chi connectivity index (χ2v) is 2.11. The number of nitrogens with two attached hydrogens (primary N) is 2. The Balaban J connectivity index is -0.000000333. The molecule has 13 heavy (non-hydrogen) atoms. The zero-order chi connectivity index (χ0) is 7.40. The third-order valence-corrected chi connectivity index (χ3v) is 1.32. The second kappa shape index (κ2) is 10.0. The predicted molar refractivity (Wildman–Crippen MR) is 61.8 cm³/mol. The van der Waals surface area contributed by atoms with Gasteiger partial charge in [-0.2, -0.15) is 0 Å². The van der Waals surface area contributed by atoms with E-state index in [1.807, 2.05) is 6.07 Å². The quantitative estimate of drug-likeness (QED) is 0.826. The van der Waals surface area contributed by atoms with Crippen molar-refractivity contribution in [1.29, 1.82) is 0 Å². The van der Waals surface area contributed by atoms with Crippen molar-refractivity contribution in [1.82, 2.24) is 4.98 Å². The Hall–Kier alpha value is -0.0600. The Morgan fingerprint density at radius 2 is 1.31 bits per heavy atom. The molecule has 0 unspecified atom stereocenters. The first-order valence-corrected chi connectivity index (χ1v) is 3.19. The minimum Gasteiger partial charge on any atom is -0.326 e. The van der Waals surface area contributed by atoms with Crippen LogP contribution in [0.15, 0.2) is 18.5 Å². The number of hydrogen-bond donors (Lipinski definition) is 2. The molecule has 6 heteroatoms. The van der Waals surface area contributed by atoms with Gasteiger partial charge in [-0.1, -0.05) is 6.07 Å². The molecule has 0 spiro atoms. The molecule has 4 N–H and O–H groups in total. The average Bonchev–Trinajstić information content (AvgIpc) is 2.05. The van der Waals surface area contributed by atoms with Crippen LogP contribution in [0, 0.1) is 0 Å². The van der Waals surface area contributed by atoms with Crippen LogP contribution in [0.25, 0.3) is 0 Å². The fourth-order valence-corrected chi connectivity index (χ4v) is 0.765. The minimum atomic E-state index is 0. The number of rotatable bonds is 2. The summed E-state index contributed by atoms with van der Waals surface area (Å²) in [5.41, 5.74) is 12.8. The van der Waals surface area contributed by atoms with Gasteiger partial charge < -0.3 is 11.5 Å². The van der Waals surface area contributed by atoms with Crippen molar-refractivity contribution >= 4 is 37.2 Å². The highest BCUT2D eigenvalue weighted by molar-refractivity contribution is 5.86. The molecule has 3 nitrogen and oxygen atoms in total. The topological polar surface area (TPSA) is 64.9 Å². The van der Waals surface area contributed by atoms with Gasteiger partial charge in [-0.05, 0) is 11.1 Å². The highest BCUT2D eigenvalue weighted by atomic mass is 35.5. The monoisotopic (exact) mass is 245 g/mol. The summed E-state index contributed by atoms with van der Waals surface area (Å²) >= 11 is 0. The van der Waals surface area contributed by atoms with Crippen molar-refractivity contribution in [2.45, 2.75) is 13.1 Å².